The summed E-state index contributed by atoms with van der Waals surface area (Å²) in [5.74, 6) is 0.892. The van der Waals surface area contributed by atoms with Crippen LogP contribution in [0.4, 0.5) is 0 Å². The largest absolute Gasteiger partial charge is 0.493 e. The minimum atomic E-state index is 0.0733. The van der Waals surface area contributed by atoms with Gasteiger partial charge >= 0.3 is 0 Å². The fourth-order valence-electron chi connectivity index (χ4n) is 2.13. The first kappa shape index (κ1) is 13.6. The number of benzene rings is 2. The number of ketones is 1. The molecule has 0 fully saturated rings. The summed E-state index contributed by atoms with van der Waals surface area (Å²) >= 11 is 0. The molecule has 0 unspecified atom stereocenters. The van der Waals surface area contributed by atoms with Crippen LogP contribution in [0.5, 0.6) is 5.75 Å². The lowest BCUT2D eigenvalue weighted by atomic mass is 10.0. The summed E-state index contributed by atoms with van der Waals surface area (Å²) in [6.07, 6.45) is 3.40. The molecule has 0 saturated heterocycles. The number of hydrogen-bond acceptors (Lipinski definition) is 2. The molecule has 0 saturated carbocycles. The van der Waals surface area contributed by atoms with E-state index in [1.807, 2.05) is 36.4 Å². The number of carbonyl (C=O) groups excluding carboxylic acids is 1. The summed E-state index contributed by atoms with van der Waals surface area (Å²) < 4.78 is 5.86. The highest BCUT2D eigenvalue weighted by Crippen LogP contribution is 2.28. The molecule has 2 aromatic carbocycles. The van der Waals surface area contributed by atoms with Gasteiger partial charge in [-0.3, -0.25) is 4.79 Å². The van der Waals surface area contributed by atoms with E-state index in [0.29, 0.717) is 12.2 Å². The van der Waals surface area contributed by atoms with Gasteiger partial charge in [-0.15, -0.1) is 0 Å². The zero-order chi connectivity index (χ0) is 13.7. The first-order valence-electron chi connectivity index (χ1n) is 6.89. The second-order valence-corrected chi connectivity index (χ2v) is 4.81. The van der Waals surface area contributed by atoms with E-state index < -0.39 is 0 Å². The summed E-state index contributed by atoms with van der Waals surface area (Å²) in [6.45, 7) is 4.47. The minimum absolute atomic E-state index is 0.0733. The van der Waals surface area contributed by atoms with E-state index in [9.17, 15) is 4.79 Å². The van der Waals surface area contributed by atoms with Gasteiger partial charge in [0.15, 0.2) is 5.78 Å². The van der Waals surface area contributed by atoms with Gasteiger partial charge in [-0.25, -0.2) is 0 Å². The average Bonchev–Trinajstić information content (AvgIpc) is 2.43. The van der Waals surface area contributed by atoms with E-state index >= 15 is 0 Å². The van der Waals surface area contributed by atoms with Gasteiger partial charge < -0.3 is 4.74 Å². The molecular formula is C17H20O2. The third-order valence-electron chi connectivity index (χ3n) is 3.24. The Labute approximate surface area is 114 Å². The topological polar surface area (TPSA) is 26.3 Å². The van der Waals surface area contributed by atoms with Crippen LogP contribution in [-0.2, 0) is 0 Å². The lowest BCUT2D eigenvalue weighted by molar-refractivity contribution is 0.101. The quantitative estimate of drug-likeness (QED) is 0.557. The van der Waals surface area contributed by atoms with Gasteiger partial charge in [0.25, 0.3) is 0 Å². The van der Waals surface area contributed by atoms with Crippen molar-refractivity contribution >= 4 is 16.6 Å². The number of hydrogen-bond donors (Lipinski definition) is 0. The van der Waals surface area contributed by atoms with Crippen LogP contribution in [-0.4, -0.2) is 12.4 Å². The Morgan fingerprint density at radius 2 is 1.95 bits per heavy atom. The molecule has 0 aromatic heterocycles. The maximum atomic E-state index is 11.6. The summed E-state index contributed by atoms with van der Waals surface area (Å²) in [7, 11) is 0. The first-order chi connectivity index (χ1) is 9.22. The van der Waals surface area contributed by atoms with Crippen molar-refractivity contribution in [1.29, 1.82) is 0 Å². The lowest BCUT2D eigenvalue weighted by Gasteiger charge is -2.11. The zero-order valence-corrected chi connectivity index (χ0v) is 11.6. The number of fused-ring (bicyclic) bond motifs is 1. The predicted molar refractivity (Wildman–Crippen MR) is 79.0 cm³/mol. The van der Waals surface area contributed by atoms with Gasteiger partial charge in [0, 0.05) is 10.9 Å². The molecule has 2 aromatic rings. The Kier molecular flexibility index (Phi) is 4.56. The highest BCUT2D eigenvalue weighted by molar-refractivity contribution is 6.00. The molecule has 0 heterocycles. The molecule has 0 N–H and O–H groups in total. The van der Waals surface area contributed by atoms with Crippen molar-refractivity contribution in [1.82, 2.24) is 0 Å². The fraction of sp³-hybridized carbons (Fsp3) is 0.353. The number of carbonyl (C=O) groups is 1. The van der Waals surface area contributed by atoms with Crippen molar-refractivity contribution in [3.05, 3.63) is 42.0 Å². The maximum Gasteiger partial charge on any atom is 0.159 e. The van der Waals surface area contributed by atoms with Crippen molar-refractivity contribution in [2.24, 2.45) is 0 Å². The molecule has 0 spiro atoms. The lowest BCUT2D eigenvalue weighted by Crippen LogP contribution is -2.00. The number of ether oxygens (including phenoxy) is 1. The Morgan fingerprint density at radius 1 is 1.16 bits per heavy atom. The molecule has 0 aliphatic carbocycles. The smallest absolute Gasteiger partial charge is 0.159 e. The highest BCUT2D eigenvalue weighted by Gasteiger charge is 2.07. The fourth-order valence-corrected chi connectivity index (χ4v) is 2.13. The molecule has 2 heteroatoms. The van der Waals surface area contributed by atoms with Crippen LogP contribution < -0.4 is 4.74 Å². The van der Waals surface area contributed by atoms with Crippen molar-refractivity contribution in [3.8, 4) is 5.75 Å². The average molecular weight is 256 g/mol. The van der Waals surface area contributed by atoms with Crippen LogP contribution in [0, 0.1) is 0 Å². The summed E-state index contributed by atoms with van der Waals surface area (Å²) in [4.78, 5) is 11.6. The number of Topliss-reactive ketones (excluding diaryl/α,β-unsaturated/α-hetero) is 1. The van der Waals surface area contributed by atoms with E-state index in [0.717, 1.165) is 22.9 Å². The van der Waals surface area contributed by atoms with Crippen LogP contribution >= 0.6 is 0 Å². The predicted octanol–water partition coefficient (Wildman–Crippen LogP) is 4.61. The number of rotatable bonds is 6. The van der Waals surface area contributed by atoms with E-state index in [1.165, 1.54) is 12.8 Å². The number of unbranched alkanes of at least 4 members (excludes halogenated alkanes) is 2. The second kappa shape index (κ2) is 6.37. The first-order valence-corrected chi connectivity index (χ1v) is 6.89. The Morgan fingerprint density at radius 3 is 2.68 bits per heavy atom. The standard InChI is InChI=1S/C17H20O2/c1-3-4-7-10-19-17-12-15(13(2)18)11-14-8-5-6-9-16(14)17/h5-6,8-9,11-12H,3-4,7,10H2,1-2H3. The van der Waals surface area contributed by atoms with Gasteiger partial charge in [-0.05, 0) is 30.9 Å². The van der Waals surface area contributed by atoms with Crippen molar-refractivity contribution in [2.75, 3.05) is 6.61 Å². The Bertz CT molecular complexity index is 572. The van der Waals surface area contributed by atoms with Crippen LogP contribution in [0.3, 0.4) is 0 Å². The molecule has 0 bridgehead atoms. The van der Waals surface area contributed by atoms with Crippen molar-refractivity contribution in [3.63, 3.8) is 0 Å². The third-order valence-corrected chi connectivity index (χ3v) is 3.24. The van der Waals surface area contributed by atoms with Crippen molar-refractivity contribution < 1.29 is 9.53 Å². The molecule has 2 rings (SSSR count). The van der Waals surface area contributed by atoms with Gasteiger partial charge in [0.05, 0.1) is 6.61 Å². The molecular weight excluding hydrogens is 236 g/mol. The molecule has 19 heavy (non-hydrogen) atoms. The highest BCUT2D eigenvalue weighted by atomic mass is 16.5. The Hall–Kier alpha value is -1.83. The van der Waals surface area contributed by atoms with E-state index in [-0.39, 0.29) is 5.78 Å². The molecule has 2 nitrogen and oxygen atoms in total. The van der Waals surface area contributed by atoms with Crippen molar-refractivity contribution in [2.45, 2.75) is 33.1 Å². The SMILES string of the molecule is CCCCCOc1cc(C(C)=O)cc2ccccc12. The molecule has 0 aliphatic rings. The van der Waals surface area contributed by atoms with E-state index in [4.69, 9.17) is 4.74 Å². The van der Waals surface area contributed by atoms with Crippen LogP contribution in [0.15, 0.2) is 36.4 Å². The van der Waals surface area contributed by atoms with Crippen LogP contribution in [0.1, 0.15) is 43.5 Å². The summed E-state index contributed by atoms with van der Waals surface area (Å²) in [6, 6.07) is 11.8. The molecule has 0 radical (unpaired) electrons. The minimum Gasteiger partial charge on any atom is -0.493 e. The summed E-state index contributed by atoms with van der Waals surface area (Å²) in [5.41, 5.74) is 0.712. The van der Waals surface area contributed by atoms with Gasteiger partial charge in [0.1, 0.15) is 5.75 Å². The maximum absolute atomic E-state index is 11.6. The summed E-state index contributed by atoms with van der Waals surface area (Å²) in [5, 5.41) is 2.13. The second-order valence-electron chi connectivity index (χ2n) is 4.81. The zero-order valence-electron chi connectivity index (χ0n) is 11.6. The van der Waals surface area contributed by atoms with Gasteiger partial charge in [0.2, 0.25) is 0 Å². The van der Waals surface area contributed by atoms with E-state index in [2.05, 4.69) is 6.92 Å². The Balaban J connectivity index is 2.31. The monoisotopic (exact) mass is 256 g/mol. The van der Waals surface area contributed by atoms with E-state index in [1.54, 1.807) is 6.92 Å². The van der Waals surface area contributed by atoms with Gasteiger partial charge in [-0.2, -0.15) is 0 Å². The van der Waals surface area contributed by atoms with Crippen LogP contribution in [0.25, 0.3) is 10.8 Å². The molecule has 100 valence electrons. The third kappa shape index (κ3) is 3.34. The molecule has 0 aliphatic heterocycles. The van der Waals surface area contributed by atoms with Gasteiger partial charge in [-0.1, -0.05) is 44.0 Å². The molecule has 0 atom stereocenters. The normalized spacial score (nSPS) is 10.6. The van der Waals surface area contributed by atoms with Crippen LogP contribution in [0.2, 0.25) is 0 Å². The molecule has 0 amide bonds.